The summed E-state index contributed by atoms with van der Waals surface area (Å²) in [5.74, 6) is 0.517. The molecular weight excluding hydrogens is 937 g/mol. The SMILES string of the molecule is C.C.CC.CC.CC(=O)C(C)NCc1ccccc1SSc1ccccc1[N+](=O)[O-].CC(=O)C(C)NCc1ccccc1SSc1ccccc1[N+](=O)[O-].CC(C)=O.CC(C)=O.CCC.CCC. The molecule has 0 aromatic heterocycles. The van der Waals surface area contributed by atoms with Crippen molar-refractivity contribution in [1.82, 2.24) is 10.6 Å². The number of carbonyl (C=O) groups excluding carboxylic acids is 4. The smallest absolute Gasteiger partial charge is 0.283 e. The maximum Gasteiger partial charge on any atom is 0.283 e. The van der Waals surface area contributed by atoms with Crippen LogP contribution in [0.25, 0.3) is 0 Å². The lowest BCUT2D eigenvalue weighted by Gasteiger charge is -2.13. The van der Waals surface area contributed by atoms with Gasteiger partial charge in [0, 0.05) is 35.0 Å². The topological polar surface area (TPSA) is 179 Å². The third-order valence-corrected chi connectivity index (χ3v) is 12.0. The largest absolute Gasteiger partial charge is 0.304 e. The Kier molecular flexibility index (Phi) is 54.3. The van der Waals surface area contributed by atoms with Crippen LogP contribution in [0.5, 0.6) is 0 Å². The molecule has 0 saturated carbocycles. The van der Waals surface area contributed by atoms with Gasteiger partial charge in [-0.1, -0.05) is 165 Å². The van der Waals surface area contributed by atoms with Gasteiger partial charge in [0.1, 0.15) is 23.1 Å². The van der Waals surface area contributed by atoms with Gasteiger partial charge in [0.25, 0.3) is 11.4 Å². The molecule has 4 aromatic carbocycles. The normalized spacial score (nSPS) is 9.88. The predicted molar refractivity (Wildman–Crippen MR) is 297 cm³/mol. The van der Waals surface area contributed by atoms with E-state index in [9.17, 15) is 39.4 Å². The van der Waals surface area contributed by atoms with Gasteiger partial charge in [0.05, 0.1) is 31.7 Å². The van der Waals surface area contributed by atoms with Gasteiger partial charge in [0.15, 0.2) is 0 Å². The van der Waals surface area contributed by atoms with Gasteiger partial charge in [0.2, 0.25) is 0 Å². The zero-order chi connectivity index (χ0) is 51.6. The minimum atomic E-state index is -0.370. The van der Waals surface area contributed by atoms with Gasteiger partial charge in [-0.3, -0.25) is 29.8 Å². The maximum atomic E-state index is 11.3. The molecule has 0 spiro atoms. The molecule has 0 radical (unpaired) electrons. The van der Waals surface area contributed by atoms with Crippen LogP contribution >= 0.6 is 43.2 Å². The second kappa shape index (κ2) is 49.1. The van der Waals surface area contributed by atoms with Crippen LogP contribution in [-0.2, 0) is 32.3 Å². The highest BCUT2D eigenvalue weighted by molar-refractivity contribution is 8.77. The first-order valence-electron chi connectivity index (χ1n) is 22.0. The second-order valence-electron chi connectivity index (χ2n) is 13.7. The summed E-state index contributed by atoms with van der Waals surface area (Å²) in [6.45, 7) is 30.5. The van der Waals surface area contributed by atoms with Crippen LogP contribution in [0.1, 0.15) is 150 Å². The van der Waals surface area contributed by atoms with Gasteiger partial charge in [-0.2, -0.15) is 0 Å². The molecule has 4 rings (SSSR count). The standard InChI is InChI=1S/2C17H18N2O3S2.2C3H6O.2C3H8.2C2H6.2CH4/c2*1-12(13(2)20)18-11-14-7-3-5-9-16(14)23-24-17-10-6-4-8-15(17)19(21)22;2*1-3(2)4;2*1-3-2;2*1-2;;/h2*3-10,12,18H,11H2,1-2H3;2*1-2H3;2*3H2,1-2H3;2*1-2H3;2*1H4. The van der Waals surface area contributed by atoms with E-state index in [2.05, 4.69) is 38.3 Å². The van der Waals surface area contributed by atoms with Gasteiger partial charge in [-0.25, -0.2) is 0 Å². The zero-order valence-corrected chi connectivity index (χ0v) is 45.3. The molecular formula is C52H84N4O8S4. The molecule has 0 heterocycles. The van der Waals surface area contributed by atoms with Crippen LogP contribution < -0.4 is 10.6 Å². The van der Waals surface area contributed by atoms with E-state index in [4.69, 9.17) is 0 Å². The number of nitro groups is 2. The number of nitro benzene ring substituents is 2. The Bertz CT molecular complexity index is 1820. The van der Waals surface area contributed by atoms with Crippen LogP contribution in [-0.4, -0.2) is 45.1 Å². The van der Waals surface area contributed by atoms with Crippen molar-refractivity contribution in [2.75, 3.05) is 0 Å². The summed E-state index contributed by atoms with van der Waals surface area (Å²) in [4.78, 5) is 66.2. The van der Waals surface area contributed by atoms with E-state index in [1.807, 2.05) is 90.1 Å². The molecule has 68 heavy (non-hydrogen) atoms. The minimum absolute atomic E-state index is 0. The Balaban J connectivity index is -0.000000205. The Morgan fingerprint density at radius 3 is 0.912 bits per heavy atom. The van der Waals surface area contributed by atoms with Crippen LogP contribution in [0.4, 0.5) is 11.4 Å². The summed E-state index contributed by atoms with van der Waals surface area (Å²) < 4.78 is 0. The number of para-hydroxylation sites is 2. The molecule has 0 amide bonds. The molecule has 2 atom stereocenters. The fraction of sp³-hybridized carbons (Fsp3) is 0.462. The average Bonchev–Trinajstić information content (AvgIpc) is 3.28. The molecule has 4 aromatic rings. The Morgan fingerprint density at radius 2 is 0.676 bits per heavy atom. The molecule has 0 fully saturated rings. The number of nitrogens with one attached hydrogen (secondary N) is 2. The first kappa shape index (κ1) is 75.2. The lowest BCUT2D eigenvalue weighted by atomic mass is 10.2. The minimum Gasteiger partial charge on any atom is -0.304 e. The monoisotopic (exact) mass is 1020 g/mol. The van der Waals surface area contributed by atoms with Crippen molar-refractivity contribution in [2.45, 2.75) is 183 Å². The molecule has 12 nitrogen and oxygen atoms in total. The fourth-order valence-corrected chi connectivity index (χ4v) is 8.56. The number of nitrogens with zero attached hydrogens (tertiary/aromatic N) is 2. The molecule has 2 unspecified atom stereocenters. The third-order valence-electron chi connectivity index (χ3n) is 6.93. The highest BCUT2D eigenvalue weighted by Crippen LogP contribution is 2.43. The number of rotatable bonds is 16. The number of ketones is 4. The Labute approximate surface area is 426 Å². The van der Waals surface area contributed by atoms with Gasteiger partial charge >= 0.3 is 0 Å². The molecule has 0 aliphatic carbocycles. The number of hydrogen-bond acceptors (Lipinski definition) is 14. The molecule has 16 heteroatoms. The molecule has 0 bridgehead atoms. The van der Waals surface area contributed by atoms with Gasteiger partial charge < -0.3 is 20.2 Å². The molecule has 384 valence electrons. The lowest BCUT2D eigenvalue weighted by Crippen LogP contribution is -2.31. The Hall–Kier alpha value is -4.32. The van der Waals surface area contributed by atoms with Crippen molar-refractivity contribution in [3.8, 4) is 0 Å². The van der Waals surface area contributed by atoms with Crippen molar-refractivity contribution in [1.29, 1.82) is 0 Å². The van der Waals surface area contributed by atoms with E-state index in [-0.39, 0.29) is 71.3 Å². The molecule has 0 aliphatic rings. The van der Waals surface area contributed by atoms with Crippen LogP contribution in [0.2, 0.25) is 0 Å². The highest BCUT2D eigenvalue weighted by atomic mass is 33.1. The Morgan fingerprint density at radius 1 is 0.471 bits per heavy atom. The van der Waals surface area contributed by atoms with Crippen molar-refractivity contribution >= 4 is 77.7 Å². The third kappa shape index (κ3) is 39.7. The van der Waals surface area contributed by atoms with Gasteiger partial charge in [-0.05, 0) is 112 Å². The van der Waals surface area contributed by atoms with E-state index < -0.39 is 0 Å². The van der Waals surface area contributed by atoms with E-state index >= 15 is 0 Å². The predicted octanol–water partition coefficient (Wildman–Crippen LogP) is 16.3. The number of hydrogen-bond donors (Lipinski definition) is 2. The van der Waals surface area contributed by atoms with Gasteiger partial charge in [-0.15, -0.1) is 0 Å². The first-order chi connectivity index (χ1) is 31.3. The van der Waals surface area contributed by atoms with Crippen molar-refractivity contribution in [3.05, 3.63) is 128 Å². The van der Waals surface area contributed by atoms with Crippen LogP contribution in [0, 0.1) is 20.2 Å². The number of Topliss-reactive ketones (excluding diaryl/α,β-unsaturated/α-hetero) is 4. The van der Waals surface area contributed by atoms with Crippen molar-refractivity contribution < 1.29 is 29.0 Å². The zero-order valence-electron chi connectivity index (χ0n) is 42.0. The van der Waals surface area contributed by atoms with Crippen molar-refractivity contribution in [3.63, 3.8) is 0 Å². The second-order valence-corrected chi connectivity index (χ2v) is 18.1. The average molecular weight is 1020 g/mol. The maximum absolute atomic E-state index is 11.3. The van der Waals surface area contributed by atoms with E-state index in [1.54, 1.807) is 50.2 Å². The summed E-state index contributed by atoms with van der Waals surface area (Å²) in [5, 5.41) is 28.5. The molecule has 0 saturated heterocycles. The van der Waals surface area contributed by atoms with Crippen LogP contribution in [0.3, 0.4) is 0 Å². The fourth-order valence-electron chi connectivity index (χ4n) is 3.81. The van der Waals surface area contributed by atoms with Crippen molar-refractivity contribution in [2.24, 2.45) is 0 Å². The quantitative estimate of drug-likeness (QED) is 0.0615. The summed E-state index contributed by atoms with van der Waals surface area (Å²) in [6, 6.07) is 28.7. The van der Waals surface area contributed by atoms with E-state index in [0.29, 0.717) is 22.9 Å². The summed E-state index contributed by atoms with van der Waals surface area (Å²) >= 11 is 0. The van der Waals surface area contributed by atoms with E-state index in [1.165, 1.54) is 95.8 Å². The number of carbonyl (C=O) groups is 4. The summed E-state index contributed by atoms with van der Waals surface area (Å²) in [7, 11) is 5.69. The molecule has 0 aliphatic heterocycles. The lowest BCUT2D eigenvalue weighted by molar-refractivity contribution is -0.387. The number of benzene rings is 4. The first-order valence-corrected chi connectivity index (χ1v) is 26.3. The van der Waals surface area contributed by atoms with Crippen LogP contribution in [0.15, 0.2) is 117 Å². The summed E-state index contributed by atoms with van der Waals surface area (Å²) in [6.07, 6.45) is 2.50. The summed E-state index contributed by atoms with van der Waals surface area (Å²) in [5.41, 5.74) is 2.33. The molecule has 2 N–H and O–H groups in total. The van der Waals surface area contributed by atoms with E-state index in [0.717, 1.165) is 20.9 Å². The highest BCUT2D eigenvalue weighted by Gasteiger charge is 2.16.